The van der Waals surface area contributed by atoms with Crippen LogP contribution in [-0.4, -0.2) is 33.4 Å². The highest BCUT2D eigenvalue weighted by Gasteiger charge is 2.20. The Morgan fingerprint density at radius 2 is 1.80 bits per heavy atom. The summed E-state index contributed by atoms with van der Waals surface area (Å²) in [4.78, 5) is 0. The number of hydrogen-bond acceptors (Lipinski definition) is 3. The molecule has 108 valence electrons. The molecule has 0 saturated carbocycles. The molecule has 0 aliphatic heterocycles. The Morgan fingerprint density at radius 3 is 2.40 bits per heavy atom. The Balaban J connectivity index is 2.35. The predicted octanol–water partition coefficient (Wildman–Crippen LogP) is 1.24. The van der Waals surface area contributed by atoms with Crippen molar-refractivity contribution in [2.45, 2.75) is 6.04 Å². The van der Waals surface area contributed by atoms with Crippen molar-refractivity contribution in [2.24, 2.45) is 5.73 Å². The second kappa shape index (κ2) is 5.88. The lowest BCUT2D eigenvalue weighted by Gasteiger charge is -2.20. The Hall–Kier alpha value is -1.47. The molecule has 3 N–H and O–H groups in total. The highest BCUT2D eigenvalue weighted by Crippen LogP contribution is 2.20. The summed E-state index contributed by atoms with van der Waals surface area (Å²) in [6.45, 7) is 0.200. The topological polar surface area (TPSA) is 75.4 Å². The number of nitrogens with two attached hydrogens (primary N) is 1. The maximum atomic E-state index is 11.9. The number of fused-ring (bicyclic) bond motifs is 1. The van der Waals surface area contributed by atoms with E-state index < -0.39 is 16.3 Å². The van der Waals surface area contributed by atoms with E-state index in [1.165, 1.54) is 14.1 Å². The van der Waals surface area contributed by atoms with Gasteiger partial charge >= 0.3 is 0 Å². The van der Waals surface area contributed by atoms with E-state index in [2.05, 4.69) is 4.72 Å². The van der Waals surface area contributed by atoms with Gasteiger partial charge in [0.25, 0.3) is 10.2 Å². The second-order valence-electron chi connectivity index (χ2n) is 4.80. The van der Waals surface area contributed by atoms with Crippen LogP contribution in [0.2, 0.25) is 0 Å². The van der Waals surface area contributed by atoms with Gasteiger partial charge in [-0.3, -0.25) is 0 Å². The Labute approximate surface area is 119 Å². The van der Waals surface area contributed by atoms with Crippen molar-refractivity contribution in [1.82, 2.24) is 9.03 Å². The van der Waals surface area contributed by atoms with Gasteiger partial charge in [-0.2, -0.15) is 17.4 Å². The van der Waals surface area contributed by atoms with Crippen LogP contribution in [-0.2, 0) is 10.2 Å². The maximum Gasteiger partial charge on any atom is 0.279 e. The molecule has 2 aromatic rings. The first kappa shape index (κ1) is 14.9. The molecule has 1 atom stereocenters. The highest BCUT2D eigenvalue weighted by molar-refractivity contribution is 7.87. The first-order valence-corrected chi connectivity index (χ1v) is 7.76. The van der Waals surface area contributed by atoms with Gasteiger partial charge in [0.1, 0.15) is 0 Å². The van der Waals surface area contributed by atoms with Gasteiger partial charge in [0, 0.05) is 20.6 Å². The summed E-state index contributed by atoms with van der Waals surface area (Å²) in [7, 11) is -0.543. The molecule has 6 heteroatoms. The molecule has 5 nitrogen and oxygen atoms in total. The van der Waals surface area contributed by atoms with E-state index in [-0.39, 0.29) is 6.54 Å². The maximum absolute atomic E-state index is 11.9. The smallest absolute Gasteiger partial charge is 0.279 e. The van der Waals surface area contributed by atoms with Gasteiger partial charge in [-0.25, -0.2) is 0 Å². The summed E-state index contributed by atoms with van der Waals surface area (Å²) < 4.78 is 27.5. The number of rotatable bonds is 5. The van der Waals surface area contributed by atoms with Crippen LogP contribution in [0.1, 0.15) is 11.6 Å². The fourth-order valence-electron chi connectivity index (χ4n) is 1.96. The van der Waals surface area contributed by atoms with E-state index in [0.717, 1.165) is 20.6 Å². The fourth-order valence-corrected chi connectivity index (χ4v) is 2.76. The molecular weight excluding hydrogens is 274 g/mol. The van der Waals surface area contributed by atoms with Crippen molar-refractivity contribution in [3.63, 3.8) is 0 Å². The molecule has 0 aromatic heterocycles. The summed E-state index contributed by atoms with van der Waals surface area (Å²) in [5.41, 5.74) is 6.57. The van der Waals surface area contributed by atoms with Crippen LogP contribution in [0.5, 0.6) is 0 Å². The molecule has 20 heavy (non-hydrogen) atoms. The summed E-state index contributed by atoms with van der Waals surface area (Å²) in [5, 5.41) is 2.18. The summed E-state index contributed by atoms with van der Waals surface area (Å²) >= 11 is 0. The van der Waals surface area contributed by atoms with Gasteiger partial charge in [-0.1, -0.05) is 36.4 Å². The van der Waals surface area contributed by atoms with Crippen LogP contribution >= 0.6 is 0 Å². The zero-order valence-corrected chi connectivity index (χ0v) is 12.4. The summed E-state index contributed by atoms with van der Waals surface area (Å²) in [5.74, 6) is 0. The minimum atomic E-state index is -3.51. The van der Waals surface area contributed by atoms with Crippen molar-refractivity contribution in [1.29, 1.82) is 0 Å². The summed E-state index contributed by atoms with van der Waals surface area (Å²) in [6, 6.07) is 13.3. The molecule has 0 spiro atoms. The molecule has 0 aliphatic carbocycles. The molecule has 0 bridgehead atoms. The van der Waals surface area contributed by atoms with Crippen LogP contribution in [0, 0.1) is 0 Å². The number of nitrogens with one attached hydrogen (secondary N) is 1. The van der Waals surface area contributed by atoms with Crippen molar-refractivity contribution < 1.29 is 8.42 Å². The largest absolute Gasteiger partial charge is 0.329 e. The highest BCUT2D eigenvalue weighted by atomic mass is 32.2. The van der Waals surface area contributed by atoms with Gasteiger partial charge in [-0.15, -0.1) is 0 Å². The van der Waals surface area contributed by atoms with Crippen LogP contribution in [0.4, 0.5) is 0 Å². The Bertz CT molecular complexity index is 698. The van der Waals surface area contributed by atoms with E-state index in [4.69, 9.17) is 5.73 Å². The molecule has 2 aromatic carbocycles. The SMILES string of the molecule is CN(C)S(=O)(=O)NC(CN)c1ccc2ccccc2c1. The fraction of sp³-hybridized carbons (Fsp3) is 0.286. The number of benzene rings is 2. The van der Waals surface area contributed by atoms with E-state index >= 15 is 0 Å². The average molecular weight is 293 g/mol. The molecule has 0 fully saturated rings. The first-order valence-electron chi connectivity index (χ1n) is 6.32. The first-order chi connectivity index (χ1) is 9.44. The molecule has 0 aliphatic rings. The van der Waals surface area contributed by atoms with Gasteiger partial charge in [0.2, 0.25) is 0 Å². The lowest BCUT2D eigenvalue weighted by atomic mass is 10.0. The summed E-state index contributed by atoms with van der Waals surface area (Å²) in [6.07, 6.45) is 0. The van der Waals surface area contributed by atoms with Crippen molar-refractivity contribution in [2.75, 3.05) is 20.6 Å². The molecule has 0 saturated heterocycles. The van der Waals surface area contributed by atoms with Gasteiger partial charge < -0.3 is 5.73 Å². The van der Waals surface area contributed by atoms with Crippen LogP contribution in [0.3, 0.4) is 0 Å². The zero-order valence-electron chi connectivity index (χ0n) is 11.6. The van der Waals surface area contributed by atoms with Crippen LogP contribution < -0.4 is 10.5 Å². The third-order valence-corrected chi connectivity index (χ3v) is 4.73. The molecule has 0 heterocycles. The zero-order chi connectivity index (χ0) is 14.8. The molecule has 1 unspecified atom stereocenters. The molecule has 0 amide bonds. The third-order valence-electron chi connectivity index (χ3n) is 3.18. The molecule has 2 rings (SSSR count). The number of hydrogen-bond donors (Lipinski definition) is 2. The van der Waals surface area contributed by atoms with Crippen LogP contribution in [0.25, 0.3) is 10.8 Å². The predicted molar refractivity (Wildman–Crippen MR) is 81.5 cm³/mol. The Morgan fingerprint density at radius 1 is 1.15 bits per heavy atom. The van der Waals surface area contributed by atoms with Crippen molar-refractivity contribution in [3.8, 4) is 0 Å². The van der Waals surface area contributed by atoms with E-state index in [9.17, 15) is 8.42 Å². The second-order valence-corrected chi connectivity index (χ2v) is 6.72. The van der Waals surface area contributed by atoms with E-state index in [1.54, 1.807) is 0 Å². The van der Waals surface area contributed by atoms with E-state index in [0.29, 0.717) is 0 Å². The average Bonchev–Trinajstić information content (AvgIpc) is 2.44. The van der Waals surface area contributed by atoms with Gasteiger partial charge in [-0.05, 0) is 22.4 Å². The van der Waals surface area contributed by atoms with Crippen molar-refractivity contribution >= 4 is 21.0 Å². The lowest BCUT2D eigenvalue weighted by Crippen LogP contribution is -2.40. The van der Waals surface area contributed by atoms with Crippen LogP contribution in [0.15, 0.2) is 42.5 Å². The van der Waals surface area contributed by atoms with E-state index in [1.807, 2.05) is 42.5 Å². The normalized spacial score (nSPS) is 13.8. The number of nitrogens with zero attached hydrogens (tertiary/aromatic N) is 1. The van der Waals surface area contributed by atoms with Crippen molar-refractivity contribution in [3.05, 3.63) is 48.0 Å². The third kappa shape index (κ3) is 3.16. The standard InChI is InChI=1S/C14H19N3O2S/c1-17(2)20(18,19)16-14(10-15)13-8-7-11-5-3-4-6-12(11)9-13/h3-9,14,16H,10,15H2,1-2H3. The Kier molecular flexibility index (Phi) is 4.39. The van der Waals surface area contributed by atoms with Gasteiger partial charge in [0.15, 0.2) is 0 Å². The monoisotopic (exact) mass is 293 g/mol. The lowest BCUT2D eigenvalue weighted by molar-refractivity contribution is 0.490. The minimum absolute atomic E-state index is 0.200. The molecular formula is C14H19N3O2S. The van der Waals surface area contributed by atoms with Gasteiger partial charge in [0.05, 0.1) is 6.04 Å². The minimum Gasteiger partial charge on any atom is -0.329 e. The quantitative estimate of drug-likeness (QED) is 0.871. The molecule has 0 radical (unpaired) electrons.